The molecule has 6 nitrogen and oxygen atoms in total. The first-order valence-electron chi connectivity index (χ1n) is 9.70. The first-order valence-corrected chi connectivity index (χ1v) is 9.70. The van der Waals surface area contributed by atoms with Crippen LogP contribution in [-0.2, 0) is 20.9 Å². The number of likely N-dealkylation sites (tertiary alicyclic amines) is 1. The van der Waals surface area contributed by atoms with Gasteiger partial charge in [-0.1, -0.05) is 36.4 Å². The Morgan fingerprint density at radius 2 is 1.79 bits per heavy atom. The van der Waals surface area contributed by atoms with Crippen LogP contribution in [0.3, 0.4) is 0 Å². The van der Waals surface area contributed by atoms with E-state index < -0.39 is 11.7 Å². The zero-order valence-electron chi connectivity index (χ0n) is 16.0. The summed E-state index contributed by atoms with van der Waals surface area (Å²) in [6, 6.07) is 15.5. The molecule has 0 radical (unpaired) electrons. The van der Waals surface area contributed by atoms with Gasteiger partial charge in [-0.05, 0) is 30.2 Å². The summed E-state index contributed by atoms with van der Waals surface area (Å²) >= 11 is 0. The molecule has 29 heavy (non-hydrogen) atoms. The van der Waals surface area contributed by atoms with Crippen LogP contribution >= 0.6 is 0 Å². The Labute approximate surface area is 168 Å². The largest absolute Gasteiger partial charge is 0.338 e. The molecule has 0 bridgehead atoms. The van der Waals surface area contributed by atoms with E-state index in [2.05, 4.69) is 0 Å². The predicted molar refractivity (Wildman–Crippen MR) is 105 cm³/mol. The van der Waals surface area contributed by atoms with E-state index in [-0.39, 0.29) is 30.8 Å². The highest BCUT2D eigenvalue weighted by Crippen LogP contribution is 2.24. The van der Waals surface area contributed by atoms with Gasteiger partial charge in [-0.3, -0.25) is 14.4 Å². The zero-order chi connectivity index (χ0) is 20.4. The third kappa shape index (κ3) is 3.99. The highest BCUT2D eigenvalue weighted by atomic mass is 19.1. The topological polar surface area (TPSA) is 60.9 Å². The van der Waals surface area contributed by atoms with Crippen molar-refractivity contribution < 1.29 is 18.8 Å². The highest BCUT2D eigenvalue weighted by Gasteiger charge is 2.40. The molecule has 0 spiro atoms. The van der Waals surface area contributed by atoms with Crippen molar-refractivity contribution in [2.45, 2.75) is 13.0 Å². The summed E-state index contributed by atoms with van der Waals surface area (Å²) in [5.74, 6) is -1.89. The van der Waals surface area contributed by atoms with Crippen LogP contribution in [0.1, 0.15) is 12.0 Å². The Bertz CT molecular complexity index is 934. The minimum atomic E-state index is -0.729. The number of hydrogen-bond acceptors (Lipinski definition) is 3. The van der Waals surface area contributed by atoms with Crippen molar-refractivity contribution in [2.75, 3.05) is 31.1 Å². The van der Waals surface area contributed by atoms with E-state index in [0.29, 0.717) is 31.7 Å². The van der Waals surface area contributed by atoms with Gasteiger partial charge in [0.2, 0.25) is 17.7 Å². The minimum Gasteiger partial charge on any atom is -0.338 e. The second kappa shape index (κ2) is 8.03. The number of hydrogen-bond donors (Lipinski definition) is 0. The molecule has 0 aliphatic carbocycles. The monoisotopic (exact) mass is 395 g/mol. The molecule has 0 N–H and O–H groups in total. The molecule has 2 aliphatic heterocycles. The van der Waals surface area contributed by atoms with Crippen LogP contribution < -0.4 is 4.90 Å². The van der Waals surface area contributed by atoms with Gasteiger partial charge in [-0.25, -0.2) is 4.39 Å². The molecule has 2 aromatic carbocycles. The third-order valence-electron chi connectivity index (χ3n) is 5.46. The molecule has 7 heteroatoms. The normalized spacial score (nSPS) is 19.8. The highest BCUT2D eigenvalue weighted by molar-refractivity contribution is 6.04. The van der Waals surface area contributed by atoms with Gasteiger partial charge in [0.1, 0.15) is 18.3 Å². The quantitative estimate of drug-likeness (QED) is 0.745. The van der Waals surface area contributed by atoms with Crippen LogP contribution in [0, 0.1) is 11.7 Å². The predicted octanol–water partition coefficient (Wildman–Crippen LogP) is 2.05. The van der Waals surface area contributed by atoms with Gasteiger partial charge in [0.25, 0.3) is 0 Å². The lowest BCUT2D eigenvalue weighted by Gasteiger charge is -2.35. The van der Waals surface area contributed by atoms with Crippen molar-refractivity contribution in [1.29, 1.82) is 0 Å². The van der Waals surface area contributed by atoms with Crippen LogP contribution in [0.2, 0.25) is 0 Å². The molecular weight excluding hydrogens is 373 g/mol. The van der Waals surface area contributed by atoms with Gasteiger partial charge in [-0.2, -0.15) is 0 Å². The van der Waals surface area contributed by atoms with Crippen LogP contribution in [0.15, 0.2) is 54.6 Å². The molecule has 3 amide bonds. The second-order valence-electron chi connectivity index (χ2n) is 7.37. The summed E-state index contributed by atoms with van der Waals surface area (Å²) in [6.07, 6.45) is 0.461. The summed E-state index contributed by atoms with van der Waals surface area (Å²) in [7, 11) is 0. The van der Waals surface area contributed by atoms with Gasteiger partial charge in [0.05, 0.1) is 0 Å². The fourth-order valence-corrected chi connectivity index (χ4v) is 3.93. The van der Waals surface area contributed by atoms with E-state index in [0.717, 1.165) is 5.56 Å². The van der Waals surface area contributed by atoms with Crippen LogP contribution in [0.25, 0.3) is 0 Å². The molecular formula is C22H22FN3O3. The van der Waals surface area contributed by atoms with Crippen LogP contribution in [-0.4, -0.2) is 53.7 Å². The van der Waals surface area contributed by atoms with E-state index >= 15 is 0 Å². The van der Waals surface area contributed by atoms with Crippen molar-refractivity contribution in [3.63, 3.8) is 0 Å². The maximum atomic E-state index is 13.4. The fourth-order valence-electron chi connectivity index (χ4n) is 3.93. The number of benzene rings is 2. The minimum absolute atomic E-state index is 0.0994. The Balaban J connectivity index is 1.38. The van der Waals surface area contributed by atoms with Gasteiger partial charge in [0.15, 0.2) is 0 Å². The lowest BCUT2D eigenvalue weighted by molar-refractivity contribution is -0.146. The number of amides is 3. The molecule has 4 rings (SSSR count). The summed E-state index contributed by atoms with van der Waals surface area (Å²) in [6.45, 7) is 1.51. The van der Waals surface area contributed by atoms with E-state index in [1.54, 1.807) is 17.0 Å². The maximum absolute atomic E-state index is 13.4. The molecule has 0 aromatic heterocycles. The molecule has 1 atom stereocenters. The summed E-state index contributed by atoms with van der Waals surface area (Å²) < 4.78 is 13.4. The molecule has 150 valence electrons. The Morgan fingerprint density at radius 1 is 1.00 bits per heavy atom. The van der Waals surface area contributed by atoms with E-state index in [1.807, 2.05) is 30.3 Å². The number of nitrogens with zero attached hydrogens (tertiary/aromatic N) is 3. The van der Waals surface area contributed by atoms with Crippen molar-refractivity contribution in [2.24, 2.45) is 5.92 Å². The first kappa shape index (κ1) is 19.1. The van der Waals surface area contributed by atoms with Crippen LogP contribution in [0.5, 0.6) is 0 Å². The maximum Gasteiger partial charge on any atom is 0.246 e. The number of carbonyl (C=O) groups excluding carboxylic acids is 3. The molecule has 2 saturated heterocycles. The Morgan fingerprint density at radius 3 is 2.52 bits per heavy atom. The van der Waals surface area contributed by atoms with E-state index in [4.69, 9.17) is 0 Å². The molecule has 1 unspecified atom stereocenters. The SMILES string of the molecule is O=C(C1CCN(Cc2ccccc2)C1=O)N1CCN(c2cccc(F)c2)C(=O)C1. The zero-order valence-corrected chi connectivity index (χ0v) is 16.0. The first-order chi connectivity index (χ1) is 14.0. The summed E-state index contributed by atoms with van der Waals surface area (Å²) in [4.78, 5) is 42.8. The molecule has 2 fully saturated rings. The molecule has 2 aromatic rings. The van der Waals surface area contributed by atoms with E-state index in [9.17, 15) is 18.8 Å². The number of piperazine rings is 1. The van der Waals surface area contributed by atoms with Crippen molar-refractivity contribution in [3.8, 4) is 0 Å². The number of anilines is 1. The number of halogens is 1. The smallest absolute Gasteiger partial charge is 0.246 e. The molecule has 0 saturated carbocycles. The Hall–Kier alpha value is -3.22. The second-order valence-corrected chi connectivity index (χ2v) is 7.37. The van der Waals surface area contributed by atoms with E-state index in [1.165, 1.54) is 21.9 Å². The lowest BCUT2D eigenvalue weighted by atomic mass is 10.1. The average Bonchev–Trinajstić information content (AvgIpc) is 3.08. The number of rotatable bonds is 4. The van der Waals surface area contributed by atoms with Crippen molar-refractivity contribution in [1.82, 2.24) is 9.80 Å². The molecule has 2 heterocycles. The van der Waals surface area contributed by atoms with Crippen LogP contribution in [0.4, 0.5) is 10.1 Å². The molecule has 2 aliphatic rings. The lowest BCUT2D eigenvalue weighted by Crippen LogP contribution is -2.54. The van der Waals surface area contributed by atoms with Gasteiger partial charge < -0.3 is 14.7 Å². The van der Waals surface area contributed by atoms with Crippen molar-refractivity contribution in [3.05, 3.63) is 66.0 Å². The average molecular weight is 395 g/mol. The summed E-state index contributed by atoms with van der Waals surface area (Å²) in [5.41, 5.74) is 1.50. The van der Waals surface area contributed by atoms with Gasteiger partial charge in [-0.15, -0.1) is 0 Å². The van der Waals surface area contributed by atoms with Gasteiger partial charge in [0, 0.05) is 31.9 Å². The standard InChI is InChI=1S/C22H22FN3O3/c23-17-7-4-8-18(13-17)26-12-11-25(15-20(26)27)22(29)19-9-10-24(21(19)28)14-16-5-2-1-3-6-16/h1-8,13,19H,9-12,14-15H2. The third-order valence-corrected chi connectivity index (χ3v) is 5.46. The van der Waals surface area contributed by atoms with Crippen molar-refractivity contribution >= 4 is 23.4 Å². The number of carbonyl (C=O) groups is 3. The Kier molecular flexibility index (Phi) is 5.29. The summed E-state index contributed by atoms with van der Waals surface area (Å²) in [5, 5.41) is 0. The fraction of sp³-hybridized carbons (Fsp3) is 0.318. The van der Waals surface area contributed by atoms with Gasteiger partial charge >= 0.3 is 0 Å².